The zero-order valence-corrected chi connectivity index (χ0v) is 11.9. The monoisotopic (exact) mass is 296 g/mol. The Morgan fingerprint density at radius 3 is 2.81 bits per heavy atom. The molecule has 0 saturated carbocycles. The van der Waals surface area contributed by atoms with Crippen molar-refractivity contribution in [2.24, 2.45) is 0 Å². The maximum Gasteiger partial charge on any atom is 0.326 e. The number of nitrogens with zero attached hydrogens (tertiary/aromatic N) is 2. The van der Waals surface area contributed by atoms with E-state index >= 15 is 0 Å². The molecule has 2 amide bonds. The lowest BCUT2D eigenvalue weighted by atomic mass is 10.1. The summed E-state index contributed by atoms with van der Waals surface area (Å²) in [6.45, 7) is 1.14. The van der Waals surface area contributed by atoms with Crippen LogP contribution in [0.25, 0.3) is 0 Å². The fourth-order valence-electron chi connectivity index (χ4n) is 2.35. The second-order valence-corrected chi connectivity index (χ2v) is 5.04. The summed E-state index contributed by atoms with van der Waals surface area (Å²) < 4.78 is 5.25. The minimum atomic E-state index is -1.07. The molecule has 0 unspecified atom stereocenters. The normalized spacial score (nSPS) is 17.5. The summed E-state index contributed by atoms with van der Waals surface area (Å²) in [5.74, 6) is -1.07. The van der Waals surface area contributed by atoms with E-state index in [-0.39, 0.29) is 18.6 Å². The van der Waals surface area contributed by atoms with Gasteiger partial charge in [-0.2, -0.15) is 0 Å². The third-order valence-electron chi connectivity index (χ3n) is 3.64. The number of imidazole rings is 1. The van der Waals surface area contributed by atoms with Gasteiger partial charge in [-0.3, -0.25) is 0 Å². The van der Waals surface area contributed by atoms with Gasteiger partial charge in [-0.15, -0.1) is 0 Å². The highest BCUT2D eigenvalue weighted by Gasteiger charge is 2.27. The maximum atomic E-state index is 12.1. The number of rotatable bonds is 5. The predicted molar refractivity (Wildman–Crippen MR) is 73.9 cm³/mol. The van der Waals surface area contributed by atoms with Crippen LogP contribution in [0.3, 0.4) is 0 Å². The Labute approximate surface area is 122 Å². The number of carboxylic acids is 1. The second kappa shape index (κ2) is 7.07. The minimum Gasteiger partial charge on any atom is -0.480 e. The Bertz CT molecular complexity index is 469. The first-order chi connectivity index (χ1) is 10.1. The van der Waals surface area contributed by atoms with E-state index in [0.717, 1.165) is 12.8 Å². The van der Waals surface area contributed by atoms with E-state index < -0.39 is 12.0 Å². The zero-order chi connectivity index (χ0) is 15.2. The van der Waals surface area contributed by atoms with Crippen LogP contribution in [0, 0.1) is 0 Å². The highest BCUT2D eigenvalue weighted by atomic mass is 16.5. The van der Waals surface area contributed by atoms with E-state index in [0.29, 0.717) is 18.8 Å². The van der Waals surface area contributed by atoms with Gasteiger partial charge in [0, 0.05) is 38.5 Å². The van der Waals surface area contributed by atoms with Crippen LogP contribution in [0.1, 0.15) is 18.5 Å². The van der Waals surface area contributed by atoms with Gasteiger partial charge in [0.1, 0.15) is 6.04 Å². The molecule has 0 aromatic carbocycles. The molecule has 1 aromatic rings. The summed E-state index contributed by atoms with van der Waals surface area (Å²) in [5, 5.41) is 11.8. The Kier molecular flexibility index (Phi) is 5.15. The number of ether oxygens (including phenoxy) is 1. The largest absolute Gasteiger partial charge is 0.480 e. The van der Waals surface area contributed by atoms with E-state index in [9.17, 15) is 14.7 Å². The second-order valence-electron chi connectivity index (χ2n) is 5.04. The summed E-state index contributed by atoms with van der Waals surface area (Å²) in [7, 11) is 1.66. The van der Waals surface area contributed by atoms with Crippen LogP contribution in [-0.4, -0.2) is 64.3 Å². The molecule has 8 heteroatoms. The van der Waals surface area contributed by atoms with Gasteiger partial charge in [-0.05, 0) is 12.8 Å². The first kappa shape index (κ1) is 15.3. The van der Waals surface area contributed by atoms with Gasteiger partial charge in [0.15, 0.2) is 0 Å². The molecule has 3 N–H and O–H groups in total. The number of nitrogens with one attached hydrogen (secondary N) is 2. The number of urea groups is 1. The average molecular weight is 296 g/mol. The van der Waals surface area contributed by atoms with Crippen LogP contribution in [0.15, 0.2) is 12.5 Å². The predicted octanol–water partition coefficient (Wildman–Crippen LogP) is 0.226. The van der Waals surface area contributed by atoms with Crippen LogP contribution in [0.5, 0.6) is 0 Å². The summed E-state index contributed by atoms with van der Waals surface area (Å²) in [6.07, 6.45) is 4.91. The molecule has 21 heavy (non-hydrogen) atoms. The average Bonchev–Trinajstić information content (AvgIpc) is 2.99. The molecule has 2 heterocycles. The third kappa shape index (κ3) is 4.19. The van der Waals surface area contributed by atoms with Crippen molar-refractivity contribution >= 4 is 12.0 Å². The number of aromatic amines is 1. The van der Waals surface area contributed by atoms with Crippen molar-refractivity contribution in [3.8, 4) is 0 Å². The van der Waals surface area contributed by atoms with Gasteiger partial charge in [0.25, 0.3) is 0 Å². The smallest absolute Gasteiger partial charge is 0.326 e. The minimum absolute atomic E-state index is 0.175. The molecule has 1 aliphatic rings. The van der Waals surface area contributed by atoms with E-state index in [1.807, 2.05) is 0 Å². The maximum absolute atomic E-state index is 12.1. The Morgan fingerprint density at radius 2 is 2.29 bits per heavy atom. The molecular formula is C13H20N4O4. The number of piperidine rings is 1. The standard InChI is InChI=1S/C13H20N4O4/c1-21-10-2-4-17(5-3-10)13(20)16-11(12(18)19)6-9-7-14-8-15-9/h7-8,10-11H,2-6H2,1H3,(H,14,15)(H,16,20)(H,18,19)/t11-/m1/s1. The molecule has 0 radical (unpaired) electrons. The Morgan fingerprint density at radius 1 is 1.57 bits per heavy atom. The van der Waals surface area contributed by atoms with Crippen molar-refractivity contribution in [2.45, 2.75) is 31.4 Å². The number of carbonyl (C=O) groups excluding carboxylic acids is 1. The van der Waals surface area contributed by atoms with E-state index in [1.54, 1.807) is 18.2 Å². The van der Waals surface area contributed by atoms with Crippen LogP contribution in [0.4, 0.5) is 4.79 Å². The van der Waals surface area contributed by atoms with Gasteiger partial charge in [0.2, 0.25) is 0 Å². The first-order valence-corrected chi connectivity index (χ1v) is 6.88. The van der Waals surface area contributed by atoms with Crippen molar-refractivity contribution in [2.75, 3.05) is 20.2 Å². The molecule has 1 aromatic heterocycles. The van der Waals surface area contributed by atoms with Gasteiger partial charge < -0.3 is 25.0 Å². The molecular weight excluding hydrogens is 276 g/mol. The van der Waals surface area contributed by atoms with E-state index in [1.165, 1.54) is 6.33 Å². The van der Waals surface area contributed by atoms with Crippen LogP contribution in [0.2, 0.25) is 0 Å². The van der Waals surface area contributed by atoms with Gasteiger partial charge in [-0.25, -0.2) is 14.6 Å². The quantitative estimate of drug-likeness (QED) is 0.720. The molecule has 0 spiro atoms. The lowest BCUT2D eigenvalue weighted by Crippen LogP contribution is -2.51. The third-order valence-corrected chi connectivity index (χ3v) is 3.64. The lowest BCUT2D eigenvalue weighted by Gasteiger charge is -2.32. The number of likely N-dealkylation sites (tertiary alicyclic amines) is 1. The number of carboxylic acid groups (broad SMARTS) is 1. The summed E-state index contributed by atoms with van der Waals surface area (Å²) in [4.78, 5) is 31.7. The number of amides is 2. The topological polar surface area (TPSA) is 108 Å². The molecule has 8 nitrogen and oxygen atoms in total. The highest BCUT2D eigenvalue weighted by Crippen LogP contribution is 2.13. The van der Waals surface area contributed by atoms with Crippen LogP contribution >= 0.6 is 0 Å². The van der Waals surface area contributed by atoms with Crippen LogP contribution < -0.4 is 5.32 Å². The number of aliphatic carboxylic acids is 1. The van der Waals surface area contributed by atoms with Gasteiger partial charge >= 0.3 is 12.0 Å². The lowest BCUT2D eigenvalue weighted by molar-refractivity contribution is -0.139. The van der Waals surface area contributed by atoms with Crippen molar-refractivity contribution in [1.82, 2.24) is 20.2 Å². The summed E-state index contributed by atoms with van der Waals surface area (Å²) in [6, 6.07) is -1.32. The molecule has 2 rings (SSSR count). The molecule has 1 atom stereocenters. The Hall–Kier alpha value is -2.09. The zero-order valence-electron chi connectivity index (χ0n) is 11.9. The van der Waals surface area contributed by atoms with Crippen molar-refractivity contribution in [1.29, 1.82) is 0 Å². The van der Waals surface area contributed by atoms with Crippen molar-refractivity contribution in [3.63, 3.8) is 0 Å². The fourth-order valence-corrected chi connectivity index (χ4v) is 2.35. The number of hydrogen-bond donors (Lipinski definition) is 3. The molecule has 1 aliphatic heterocycles. The number of aromatic nitrogens is 2. The first-order valence-electron chi connectivity index (χ1n) is 6.88. The van der Waals surface area contributed by atoms with Gasteiger partial charge in [0.05, 0.1) is 12.4 Å². The number of hydrogen-bond acceptors (Lipinski definition) is 4. The van der Waals surface area contributed by atoms with E-state index in [4.69, 9.17) is 4.74 Å². The molecule has 116 valence electrons. The summed E-state index contributed by atoms with van der Waals surface area (Å²) >= 11 is 0. The summed E-state index contributed by atoms with van der Waals surface area (Å²) in [5.41, 5.74) is 0.667. The van der Waals surface area contributed by atoms with Crippen molar-refractivity contribution in [3.05, 3.63) is 18.2 Å². The molecule has 0 bridgehead atoms. The fraction of sp³-hybridized carbons (Fsp3) is 0.615. The van der Waals surface area contributed by atoms with Gasteiger partial charge in [-0.1, -0.05) is 0 Å². The van der Waals surface area contributed by atoms with Crippen molar-refractivity contribution < 1.29 is 19.4 Å². The highest BCUT2D eigenvalue weighted by molar-refractivity contribution is 5.82. The number of carbonyl (C=O) groups is 2. The SMILES string of the molecule is COC1CCN(C(=O)N[C@H](Cc2cnc[nH]2)C(=O)O)CC1. The molecule has 1 saturated heterocycles. The Balaban J connectivity index is 1.88. The van der Waals surface area contributed by atoms with Crippen LogP contribution in [-0.2, 0) is 16.0 Å². The molecule has 1 fully saturated rings. The number of methoxy groups -OCH3 is 1. The number of H-pyrrole nitrogens is 1. The molecule has 0 aliphatic carbocycles. The van der Waals surface area contributed by atoms with E-state index in [2.05, 4.69) is 15.3 Å².